The second-order valence-electron chi connectivity index (χ2n) is 9.10. The monoisotopic (exact) mass is 384 g/mol. The zero-order valence-corrected chi connectivity index (χ0v) is 15.3. The first-order chi connectivity index (χ1) is 12.2. The van der Waals surface area contributed by atoms with Crippen molar-refractivity contribution in [3.63, 3.8) is 0 Å². The third kappa shape index (κ3) is 4.35. The summed E-state index contributed by atoms with van der Waals surface area (Å²) in [7, 11) is 0. The highest BCUT2D eigenvalue weighted by atomic mass is 19.4. The highest BCUT2D eigenvalue weighted by Crippen LogP contribution is 2.50. The van der Waals surface area contributed by atoms with Crippen LogP contribution < -0.4 is 0 Å². The highest BCUT2D eigenvalue weighted by molar-refractivity contribution is 4.96. The normalized spacial score (nSPS) is 48.3. The van der Waals surface area contributed by atoms with Crippen LogP contribution in [0.5, 0.6) is 0 Å². The van der Waals surface area contributed by atoms with Crippen molar-refractivity contribution in [1.82, 2.24) is 0 Å². The standard InChI is InChI=1S/C20H30F6/c1-11-2-4-12(5-3-11)13-6-7-15(16(21)8-13)14-9-17(22)19(18(23)10-14)20(24,25)26/h11-19H,2-10H2,1H3. The van der Waals surface area contributed by atoms with E-state index in [0.717, 1.165) is 25.2 Å². The first-order valence-corrected chi connectivity index (χ1v) is 10.2. The van der Waals surface area contributed by atoms with E-state index < -0.39 is 42.4 Å². The van der Waals surface area contributed by atoms with Crippen LogP contribution in [0.1, 0.15) is 64.7 Å². The minimum Gasteiger partial charge on any atom is -0.247 e. The Morgan fingerprint density at radius 3 is 1.62 bits per heavy atom. The molecule has 152 valence electrons. The van der Waals surface area contributed by atoms with Gasteiger partial charge in [-0.3, -0.25) is 0 Å². The topological polar surface area (TPSA) is 0 Å². The van der Waals surface area contributed by atoms with E-state index >= 15 is 0 Å². The zero-order valence-electron chi connectivity index (χ0n) is 15.3. The lowest BCUT2D eigenvalue weighted by atomic mass is 9.64. The van der Waals surface area contributed by atoms with E-state index in [1.54, 1.807) is 0 Å². The molecule has 0 amide bonds. The van der Waals surface area contributed by atoms with Gasteiger partial charge in [0.25, 0.3) is 0 Å². The molecule has 3 rings (SSSR count). The minimum atomic E-state index is -4.87. The Kier molecular flexibility index (Phi) is 6.18. The molecule has 0 spiro atoms. The van der Waals surface area contributed by atoms with Crippen LogP contribution in [0.2, 0.25) is 0 Å². The average molecular weight is 384 g/mol. The quantitative estimate of drug-likeness (QED) is 0.458. The van der Waals surface area contributed by atoms with Gasteiger partial charge in [0.1, 0.15) is 24.4 Å². The molecule has 0 aliphatic heterocycles. The van der Waals surface area contributed by atoms with Crippen LogP contribution in [-0.4, -0.2) is 24.7 Å². The van der Waals surface area contributed by atoms with Gasteiger partial charge in [0, 0.05) is 0 Å². The van der Waals surface area contributed by atoms with Gasteiger partial charge < -0.3 is 0 Å². The Morgan fingerprint density at radius 1 is 0.615 bits per heavy atom. The molecule has 3 fully saturated rings. The van der Waals surface area contributed by atoms with Gasteiger partial charge in [0.15, 0.2) is 0 Å². The van der Waals surface area contributed by atoms with Gasteiger partial charge in [-0.2, -0.15) is 13.2 Å². The predicted molar refractivity (Wildman–Crippen MR) is 88.9 cm³/mol. The highest BCUT2D eigenvalue weighted by Gasteiger charge is 2.55. The lowest BCUT2D eigenvalue weighted by Gasteiger charge is -2.44. The van der Waals surface area contributed by atoms with Crippen LogP contribution in [0.3, 0.4) is 0 Å². The van der Waals surface area contributed by atoms with Crippen LogP contribution in [0.15, 0.2) is 0 Å². The van der Waals surface area contributed by atoms with Crippen molar-refractivity contribution >= 4 is 0 Å². The molecule has 6 heteroatoms. The molecule has 0 bridgehead atoms. The average Bonchev–Trinajstić information content (AvgIpc) is 2.53. The lowest BCUT2D eigenvalue weighted by molar-refractivity contribution is -0.221. The Hall–Kier alpha value is -0.420. The summed E-state index contributed by atoms with van der Waals surface area (Å²) < 4.78 is 81.4. The molecule has 0 aromatic rings. The summed E-state index contributed by atoms with van der Waals surface area (Å²) in [4.78, 5) is 0. The molecular weight excluding hydrogens is 354 g/mol. The number of rotatable bonds is 2. The van der Waals surface area contributed by atoms with E-state index in [4.69, 9.17) is 0 Å². The first-order valence-electron chi connectivity index (χ1n) is 10.2. The first kappa shape index (κ1) is 20.3. The number of hydrogen-bond donors (Lipinski definition) is 0. The zero-order chi connectivity index (χ0) is 19.1. The van der Waals surface area contributed by atoms with Crippen molar-refractivity contribution in [3.8, 4) is 0 Å². The fourth-order valence-corrected chi connectivity index (χ4v) is 5.84. The Labute approximate surface area is 152 Å². The summed E-state index contributed by atoms with van der Waals surface area (Å²) in [5.74, 6) is -2.05. The van der Waals surface area contributed by atoms with Crippen LogP contribution >= 0.6 is 0 Å². The molecule has 0 saturated heterocycles. The fourth-order valence-electron chi connectivity index (χ4n) is 5.84. The van der Waals surface area contributed by atoms with Gasteiger partial charge in [-0.25, -0.2) is 13.2 Å². The maximum Gasteiger partial charge on any atom is 0.397 e. The summed E-state index contributed by atoms with van der Waals surface area (Å²) in [5, 5.41) is 0. The predicted octanol–water partition coefficient (Wildman–Crippen LogP) is 6.83. The molecule has 0 nitrogen and oxygen atoms in total. The molecule has 3 aliphatic carbocycles. The Morgan fingerprint density at radius 2 is 1.12 bits per heavy atom. The number of halogens is 6. The number of alkyl halides is 6. The van der Waals surface area contributed by atoms with Crippen molar-refractivity contribution in [2.75, 3.05) is 0 Å². The van der Waals surface area contributed by atoms with E-state index in [-0.39, 0.29) is 12.8 Å². The van der Waals surface area contributed by atoms with Crippen LogP contribution in [0.25, 0.3) is 0 Å². The SMILES string of the molecule is CC1CCC(C2CCC(C3CC(F)C(C(F)(F)F)C(F)C3)C(F)C2)CC1. The molecular formula is C20H30F6. The van der Waals surface area contributed by atoms with E-state index in [1.807, 2.05) is 0 Å². The third-order valence-electron chi connectivity index (χ3n) is 7.41. The van der Waals surface area contributed by atoms with Crippen molar-refractivity contribution in [2.45, 2.75) is 89.4 Å². The van der Waals surface area contributed by atoms with Gasteiger partial charge in [-0.05, 0) is 74.5 Å². The summed E-state index contributed by atoms with van der Waals surface area (Å²) in [5.41, 5.74) is 0. The van der Waals surface area contributed by atoms with Crippen LogP contribution in [0, 0.1) is 35.5 Å². The van der Waals surface area contributed by atoms with Crippen molar-refractivity contribution < 1.29 is 26.3 Å². The molecule has 0 heterocycles. The second-order valence-corrected chi connectivity index (χ2v) is 9.10. The molecule has 3 aliphatic rings. The largest absolute Gasteiger partial charge is 0.397 e. The molecule has 0 N–H and O–H groups in total. The van der Waals surface area contributed by atoms with E-state index in [2.05, 4.69) is 6.92 Å². The van der Waals surface area contributed by atoms with Crippen molar-refractivity contribution in [1.29, 1.82) is 0 Å². The van der Waals surface area contributed by atoms with Crippen LogP contribution in [0.4, 0.5) is 26.3 Å². The molecule has 0 aromatic carbocycles. The van der Waals surface area contributed by atoms with E-state index in [9.17, 15) is 26.3 Å². The molecule has 0 aromatic heterocycles. The van der Waals surface area contributed by atoms with Gasteiger partial charge >= 0.3 is 6.18 Å². The Balaban J connectivity index is 1.57. The molecule has 26 heavy (non-hydrogen) atoms. The summed E-state index contributed by atoms with van der Waals surface area (Å²) in [6, 6.07) is 0. The summed E-state index contributed by atoms with van der Waals surface area (Å²) in [6.45, 7) is 2.24. The molecule has 5 unspecified atom stereocenters. The maximum atomic E-state index is 14.8. The maximum absolute atomic E-state index is 14.8. The fraction of sp³-hybridized carbons (Fsp3) is 1.00. The van der Waals surface area contributed by atoms with Gasteiger partial charge in [0.2, 0.25) is 0 Å². The smallest absolute Gasteiger partial charge is 0.247 e. The molecule has 3 saturated carbocycles. The lowest BCUT2D eigenvalue weighted by Crippen LogP contribution is -2.47. The van der Waals surface area contributed by atoms with E-state index in [0.29, 0.717) is 24.7 Å². The van der Waals surface area contributed by atoms with Gasteiger partial charge in [-0.15, -0.1) is 0 Å². The molecule has 0 radical (unpaired) electrons. The third-order valence-corrected chi connectivity index (χ3v) is 7.41. The number of hydrogen-bond acceptors (Lipinski definition) is 0. The summed E-state index contributed by atoms with van der Waals surface area (Å²) in [6.07, 6.45) is -4.82. The second kappa shape index (κ2) is 7.90. The van der Waals surface area contributed by atoms with Crippen molar-refractivity contribution in [3.05, 3.63) is 0 Å². The minimum absolute atomic E-state index is 0.322. The Bertz CT molecular complexity index is 444. The summed E-state index contributed by atoms with van der Waals surface area (Å²) >= 11 is 0. The van der Waals surface area contributed by atoms with Gasteiger partial charge in [0.05, 0.1) is 0 Å². The van der Waals surface area contributed by atoms with Gasteiger partial charge in [-0.1, -0.05) is 19.8 Å². The van der Waals surface area contributed by atoms with Crippen LogP contribution in [-0.2, 0) is 0 Å². The molecule has 5 atom stereocenters. The van der Waals surface area contributed by atoms with E-state index in [1.165, 1.54) is 12.8 Å². The van der Waals surface area contributed by atoms with Crippen molar-refractivity contribution in [2.24, 2.45) is 35.5 Å².